The molecule has 0 aromatic heterocycles. The molecule has 2 rings (SSSR count). The van der Waals surface area contributed by atoms with Gasteiger partial charge in [0.25, 0.3) is 5.69 Å². The molecule has 20 heavy (non-hydrogen) atoms. The average Bonchev–Trinajstić information content (AvgIpc) is 2.74. The number of nitrogens with zero attached hydrogens (tertiary/aromatic N) is 1. The summed E-state index contributed by atoms with van der Waals surface area (Å²) in [6.45, 7) is 3.97. The van der Waals surface area contributed by atoms with Crippen LogP contribution in [0.4, 0.5) is 0 Å². The van der Waals surface area contributed by atoms with Crippen molar-refractivity contribution in [3.8, 4) is 17.6 Å². The Morgan fingerprint density at radius 1 is 1.50 bits per heavy atom. The molecular formula is C13H16NO3PS2. The van der Waals surface area contributed by atoms with E-state index < -0.39 is 5.69 Å². The lowest BCUT2D eigenvalue weighted by atomic mass is 9.98. The maximum absolute atomic E-state index is 9.20. The maximum atomic E-state index is 9.20. The molecule has 0 bridgehead atoms. The van der Waals surface area contributed by atoms with E-state index >= 15 is 0 Å². The van der Waals surface area contributed by atoms with Gasteiger partial charge in [-0.15, -0.1) is 0 Å². The van der Waals surface area contributed by atoms with E-state index in [0.29, 0.717) is 23.5 Å². The number of hydrogen-bond donors (Lipinski definition) is 0. The Hall–Kier alpha value is -0.730. The second-order valence-electron chi connectivity index (χ2n) is 4.97. The van der Waals surface area contributed by atoms with Gasteiger partial charge in [0, 0.05) is 19.1 Å². The Kier molecular flexibility index (Phi) is 4.36. The third-order valence-electron chi connectivity index (χ3n) is 2.98. The SMILES string of the molecule is COP(=S)(Oc1ccc(C#N)c2c1OC(C)(C)C2)SC. The number of hydrogen-bond acceptors (Lipinski definition) is 6. The molecule has 1 heterocycles. The molecule has 1 aromatic rings. The normalized spacial score (nSPS) is 18.6. The van der Waals surface area contributed by atoms with Gasteiger partial charge in [-0.2, -0.15) is 5.26 Å². The number of nitriles is 1. The lowest BCUT2D eigenvalue weighted by Gasteiger charge is -2.21. The van der Waals surface area contributed by atoms with E-state index in [2.05, 4.69) is 6.07 Å². The van der Waals surface area contributed by atoms with Crippen LogP contribution in [0.1, 0.15) is 25.0 Å². The minimum atomic E-state index is -2.41. The molecule has 1 aromatic carbocycles. The van der Waals surface area contributed by atoms with Crippen molar-refractivity contribution in [1.82, 2.24) is 0 Å². The third-order valence-corrected chi connectivity index (χ3v) is 8.32. The fourth-order valence-corrected chi connectivity index (χ4v) is 3.91. The second-order valence-corrected chi connectivity index (χ2v) is 11.5. The second kappa shape index (κ2) is 5.57. The van der Waals surface area contributed by atoms with Crippen LogP contribution in [0.3, 0.4) is 0 Å². The van der Waals surface area contributed by atoms with Crippen LogP contribution < -0.4 is 9.26 Å². The minimum absolute atomic E-state index is 0.345. The van der Waals surface area contributed by atoms with Crippen LogP contribution in [0.15, 0.2) is 12.1 Å². The Labute approximate surface area is 128 Å². The molecule has 0 saturated heterocycles. The summed E-state index contributed by atoms with van der Waals surface area (Å²) in [5.74, 6) is 1.18. The van der Waals surface area contributed by atoms with Gasteiger partial charge in [0.15, 0.2) is 11.5 Å². The van der Waals surface area contributed by atoms with Crippen molar-refractivity contribution >= 4 is 28.9 Å². The molecular weight excluding hydrogens is 313 g/mol. The van der Waals surface area contributed by atoms with Gasteiger partial charge in [0.05, 0.1) is 11.6 Å². The molecule has 0 aliphatic carbocycles. The highest BCUT2D eigenvalue weighted by atomic mass is 32.9. The van der Waals surface area contributed by atoms with Gasteiger partial charge >= 0.3 is 0 Å². The molecule has 0 amide bonds. The van der Waals surface area contributed by atoms with E-state index in [-0.39, 0.29) is 5.60 Å². The van der Waals surface area contributed by atoms with Crippen LogP contribution in [-0.2, 0) is 22.8 Å². The standard InChI is InChI=1S/C13H16NO3PS2/c1-13(2)7-10-9(8-14)5-6-11(12(10)16-13)17-18(19,15-3)20-4/h5-6H,7H2,1-4H3. The minimum Gasteiger partial charge on any atom is -0.483 e. The summed E-state index contributed by atoms with van der Waals surface area (Å²) in [6.07, 6.45) is 2.54. The van der Waals surface area contributed by atoms with Crippen molar-refractivity contribution in [3.05, 3.63) is 23.3 Å². The zero-order valence-electron chi connectivity index (χ0n) is 11.8. The van der Waals surface area contributed by atoms with Crippen molar-refractivity contribution in [2.24, 2.45) is 0 Å². The van der Waals surface area contributed by atoms with Crippen LogP contribution in [0.25, 0.3) is 0 Å². The Bertz CT molecular complexity index is 617. The van der Waals surface area contributed by atoms with E-state index in [1.165, 1.54) is 11.4 Å². The van der Waals surface area contributed by atoms with Crippen molar-refractivity contribution in [3.63, 3.8) is 0 Å². The van der Waals surface area contributed by atoms with Gasteiger partial charge in [0.1, 0.15) is 5.60 Å². The fraction of sp³-hybridized carbons (Fsp3) is 0.462. The summed E-state index contributed by atoms with van der Waals surface area (Å²) in [6, 6.07) is 5.67. The maximum Gasteiger partial charge on any atom is 0.297 e. The summed E-state index contributed by atoms with van der Waals surface area (Å²) < 4.78 is 17.1. The smallest absolute Gasteiger partial charge is 0.297 e. The predicted molar refractivity (Wildman–Crippen MR) is 85.0 cm³/mol. The Morgan fingerprint density at radius 2 is 2.20 bits per heavy atom. The van der Waals surface area contributed by atoms with Crippen molar-refractivity contribution < 1.29 is 13.8 Å². The van der Waals surface area contributed by atoms with Gasteiger partial charge in [-0.05, 0) is 44.0 Å². The van der Waals surface area contributed by atoms with Gasteiger partial charge in [-0.1, -0.05) is 11.4 Å². The van der Waals surface area contributed by atoms with E-state index in [0.717, 1.165) is 5.56 Å². The largest absolute Gasteiger partial charge is 0.483 e. The fourth-order valence-electron chi connectivity index (χ4n) is 2.08. The molecule has 7 heteroatoms. The number of fused-ring (bicyclic) bond motifs is 1. The van der Waals surface area contributed by atoms with E-state index in [9.17, 15) is 5.26 Å². The molecule has 1 unspecified atom stereocenters. The molecule has 108 valence electrons. The molecule has 0 N–H and O–H groups in total. The summed E-state index contributed by atoms with van der Waals surface area (Å²) >= 11 is 6.77. The highest BCUT2D eigenvalue weighted by molar-refractivity contribution is 8.67. The number of ether oxygens (including phenoxy) is 1. The van der Waals surface area contributed by atoms with Gasteiger partial charge < -0.3 is 13.8 Å². The average molecular weight is 329 g/mol. The lowest BCUT2D eigenvalue weighted by molar-refractivity contribution is 0.136. The first-order chi connectivity index (χ1) is 9.34. The summed E-state index contributed by atoms with van der Waals surface area (Å²) in [7, 11) is 1.55. The monoisotopic (exact) mass is 329 g/mol. The first-order valence-electron chi connectivity index (χ1n) is 6.00. The van der Waals surface area contributed by atoms with Crippen LogP contribution in [-0.4, -0.2) is 19.0 Å². The molecule has 1 aliphatic rings. The molecule has 0 fully saturated rings. The van der Waals surface area contributed by atoms with E-state index in [4.69, 9.17) is 25.6 Å². The van der Waals surface area contributed by atoms with Gasteiger partial charge in [-0.25, -0.2) is 0 Å². The van der Waals surface area contributed by atoms with Crippen LogP contribution >= 0.6 is 17.1 Å². The lowest BCUT2D eigenvalue weighted by Crippen LogP contribution is -2.24. The molecule has 0 saturated carbocycles. The summed E-state index contributed by atoms with van der Waals surface area (Å²) in [4.78, 5) is 0. The molecule has 4 nitrogen and oxygen atoms in total. The number of rotatable bonds is 4. The molecule has 1 aliphatic heterocycles. The Balaban J connectivity index is 2.47. The van der Waals surface area contributed by atoms with Crippen molar-refractivity contribution in [2.45, 2.75) is 25.9 Å². The van der Waals surface area contributed by atoms with Crippen molar-refractivity contribution in [1.29, 1.82) is 5.26 Å². The third kappa shape index (κ3) is 2.96. The highest BCUT2D eigenvalue weighted by Gasteiger charge is 2.35. The quantitative estimate of drug-likeness (QED) is 0.781. The zero-order chi connectivity index (χ0) is 15.0. The van der Waals surface area contributed by atoms with Crippen LogP contribution in [0.2, 0.25) is 0 Å². The first-order valence-corrected chi connectivity index (χ1v) is 10.5. The zero-order valence-corrected chi connectivity index (χ0v) is 14.3. The van der Waals surface area contributed by atoms with Crippen molar-refractivity contribution in [2.75, 3.05) is 13.4 Å². The molecule has 1 atom stereocenters. The van der Waals surface area contributed by atoms with E-state index in [1.54, 1.807) is 19.2 Å². The summed E-state index contributed by atoms with van der Waals surface area (Å²) in [5, 5.41) is 9.20. The first kappa shape index (κ1) is 15.7. The van der Waals surface area contributed by atoms with Crippen LogP contribution in [0.5, 0.6) is 11.5 Å². The summed E-state index contributed by atoms with van der Waals surface area (Å²) in [5.41, 5.74) is -1.26. The highest BCUT2D eigenvalue weighted by Crippen LogP contribution is 2.60. The van der Waals surface area contributed by atoms with Crippen LogP contribution in [0, 0.1) is 11.3 Å². The van der Waals surface area contributed by atoms with Gasteiger partial charge in [-0.3, -0.25) is 0 Å². The molecule has 0 radical (unpaired) electrons. The predicted octanol–water partition coefficient (Wildman–Crippen LogP) is 3.88. The van der Waals surface area contributed by atoms with E-state index in [1.807, 2.05) is 20.1 Å². The topological polar surface area (TPSA) is 51.5 Å². The number of benzene rings is 1. The van der Waals surface area contributed by atoms with Gasteiger partial charge in [0.2, 0.25) is 0 Å². The molecule has 0 spiro atoms. The Morgan fingerprint density at radius 3 is 2.75 bits per heavy atom.